The minimum Gasteiger partial charge on any atom is -0.444 e. The number of para-hydroxylation sites is 1. The lowest BCUT2D eigenvalue weighted by atomic mass is 10.0. The van der Waals surface area contributed by atoms with Gasteiger partial charge >= 0.3 is 24.4 Å². The van der Waals surface area contributed by atoms with E-state index in [0.29, 0.717) is 56.5 Å². The molecular weight excluding hydrogens is 734 g/mol. The van der Waals surface area contributed by atoms with Crippen LogP contribution in [0, 0.1) is 0 Å². The molecule has 2 aromatic rings. The number of carbonyl (C=O) groups excluding carboxylic acids is 4. The number of piperidine rings is 2. The molecule has 17 nitrogen and oxygen atoms in total. The third kappa shape index (κ3) is 15.7. The molecule has 4 rings (SSSR count). The highest BCUT2D eigenvalue weighted by molar-refractivity contribution is 5.73. The molecule has 0 aliphatic carbocycles. The maximum absolute atomic E-state index is 13.0. The molecule has 316 valence electrons. The number of ether oxygens (including phenoxy) is 4. The van der Waals surface area contributed by atoms with E-state index in [4.69, 9.17) is 28.9 Å². The van der Waals surface area contributed by atoms with Gasteiger partial charge in [-0.3, -0.25) is 0 Å². The highest BCUT2D eigenvalue weighted by atomic mass is 16.6. The Balaban J connectivity index is 1.72. The Labute approximate surface area is 336 Å². The molecular formula is C40H63N9O8. The highest BCUT2D eigenvalue weighted by Gasteiger charge is 2.36. The summed E-state index contributed by atoms with van der Waals surface area (Å²) in [6, 6.07) is 7.68. The van der Waals surface area contributed by atoms with Crippen LogP contribution < -0.4 is 36.4 Å². The molecule has 1 aromatic carbocycles. The minimum absolute atomic E-state index is 0.305. The van der Waals surface area contributed by atoms with E-state index >= 15 is 0 Å². The molecule has 1 aromatic heterocycles. The number of aromatic nitrogens is 2. The number of carbonyl (C=O) groups is 4. The molecule has 0 spiro atoms. The average molecular weight is 798 g/mol. The van der Waals surface area contributed by atoms with Gasteiger partial charge in [-0.15, -0.1) is 0 Å². The predicted octanol–water partition coefficient (Wildman–Crippen LogP) is 6.21. The zero-order valence-electron chi connectivity index (χ0n) is 35.6. The summed E-state index contributed by atoms with van der Waals surface area (Å²) in [6.45, 7) is 22.7. The van der Waals surface area contributed by atoms with Crippen molar-refractivity contribution in [3.63, 3.8) is 0 Å². The van der Waals surface area contributed by atoms with Crippen molar-refractivity contribution in [3.8, 4) is 0 Å². The van der Waals surface area contributed by atoms with Crippen molar-refractivity contribution in [2.75, 3.05) is 41.3 Å². The average Bonchev–Trinajstić information content (AvgIpc) is 3.01. The van der Waals surface area contributed by atoms with E-state index in [1.807, 2.05) is 40.1 Å². The van der Waals surface area contributed by atoms with Gasteiger partial charge in [0.05, 0.1) is 30.4 Å². The largest absolute Gasteiger partial charge is 0.444 e. The molecule has 4 unspecified atom stereocenters. The van der Waals surface area contributed by atoms with Crippen molar-refractivity contribution in [2.45, 2.75) is 142 Å². The summed E-state index contributed by atoms with van der Waals surface area (Å²) in [6.07, 6.45) is 0.0872. The summed E-state index contributed by atoms with van der Waals surface area (Å²) in [5.41, 5.74) is -2.10. The van der Waals surface area contributed by atoms with Crippen LogP contribution in [0.25, 0.3) is 0 Å². The number of rotatable bonds is 8. The Morgan fingerprint density at radius 3 is 1.26 bits per heavy atom. The molecule has 0 bridgehead atoms. The molecule has 3 heterocycles. The zero-order valence-corrected chi connectivity index (χ0v) is 35.6. The van der Waals surface area contributed by atoms with Gasteiger partial charge in [-0.2, -0.15) is 0 Å². The van der Waals surface area contributed by atoms with Crippen LogP contribution in [0.3, 0.4) is 0 Å². The van der Waals surface area contributed by atoms with Crippen molar-refractivity contribution < 1.29 is 38.1 Å². The fourth-order valence-corrected chi connectivity index (χ4v) is 6.36. The Kier molecular flexibility index (Phi) is 14.0. The van der Waals surface area contributed by atoms with Gasteiger partial charge in [0.2, 0.25) is 0 Å². The van der Waals surface area contributed by atoms with Gasteiger partial charge in [0.15, 0.2) is 11.6 Å². The topological polar surface area (TPSA) is 198 Å². The van der Waals surface area contributed by atoms with Crippen molar-refractivity contribution in [1.82, 2.24) is 31.2 Å². The molecule has 17 heteroatoms. The van der Waals surface area contributed by atoms with E-state index < -0.39 is 70.9 Å². The van der Waals surface area contributed by atoms with E-state index in [9.17, 15) is 19.2 Å². The van der Waals surface area contributed by atoms with Crippen LogP contribution in [-0.2, 0) is 18.9 Å². The van der Waals surface area contributed by atoms with Crippen LogP contribution >= 0.6 is 0 Å². The standard InChI is InChI=1S/C40H63N9O8/c1-37(2,3)54-33(50)43-26-18-27(44-34(51)55-38(4,5)6)22-48(21-26)30-20-41-31(42-25-16-14-13-15-17-25)32(47-30)49-23-28(45-35(52)56-39(7,8)9)19-29(24-49)46-36(53)57-40(10,11)12/h13-17,20,26-29H,18-19,21-24H2,1-12H3,(H,41,42)(H,43,50)(H,44,51)(H,45,52)(H,46,53). The monoisotopic (exact) mass is 797 g/mol. The van der Waals surface area contributed by atoms with Gasteiger partial charge in [-0.1, -0.05) is 18.2 Å². The van der Waals surface area contributed by atoms with Crippen LogP contribution in [0.5, 0.6) is 0 Å². The summed E-state index contributed by atoms with van der Waals surface area (Å²) in [5, 5.41) is 15.3. The number of hydrogen-bond acceptors (Lipinski definition) is 13. The summed E-state index contributed by atoms with van der Waals surface area (Å²) < 4.78 is 22.3. The Morgan fingerprint density at radius 1 is 0.561 bits per heavy atom. The van der Waals surface area contributed by atoms with Gasteiger partial charge in [0, 0.05) is 31.9 Å². The van der Waals surface area contributed by atoms with Crippen LogP contribution in [0.4, 0.5) is 42.3 Å². The molecule has 4 atom stereocenters. The second-order valence-corrected chi connectivity index (χ2v) is 18.5. The third-order valence-electron chi connectivity index (χ3n) is 8.19. The molecule has 57 heavy (non-hydrogen) atoms. The minimum atomic E-state index is -0.722. The molecule has 5 N–H and O–H groups in total. The lowest BCUT2D eigenvalue weighted by Gasteiger charge is -2.41. The van der Waals surface area contributed by atoms with Crippen LogP contribution in [-0.4, -0.2) is 107 Å². The normalized spacial score (nSPS) is 20.4. The Morgan fingerprint density at radius 2 is 0.912 bits per heavy atom. The fraction of sp³-hybridized carbons (Fsp3) is 0.650. The number of amides is 4. The first kappa shape index (κ1) is 44.5. The van der Waals surface area contributed by atoms with Crippen molar-refractivity contribution in [3.05, 3.63) is 36.5 Å². The smallest absolute Gasteiger partial charge is 0.407 e. The van der Waals surface area contributed by atoms with Crippen LogP contribution in [0.2, 0.25) is 0 Å². The lowest BCUT2D eigenvalue weighted by molar-refractivity contribution is 0.0452. The van der Waals surface area contributed by atoms with E-state index in [2.05, 4.69) is 26.6 Å². The molecule has 2 fully saturated rings. The molecule has 0 radical (unpaired) electrons. The molecule has 4 amide bonds. The molecule has 2 saturated heterocycles. The second-order valence-electron chi connectivity index (χ2n) is 18.5. The maximum atomic E-state index is 13.0. The fourth-order valence-electron chi connectivity index (χ4n) is 6.36. The van der Waals surface area contributed by atoms with Crippen molar-refractivity contribution >= 4 is 47.5 Å². The second kappa shape index (κ2) is 17.9. The van der Waals surface area contributed by atoms with Gasteiger partial charge in [-0.25, -0.2) is 29.1 Å². The number of nitrogens with zero attached hydrogens (tertiary/aromatic N) is 4. The number of benzene rings is 1. The molecule has 2 aliphatic rings. The first-order chi connectivity index (χ1) is 26.3. The Bertz CT molecular complexity index is 1620. The lowest BCUT2D eigenvalue weighted by Crippen LogP contribution is -2.59. The summed E-state index contributed by atoms with van der Waals surface area (Å²) in [5.74, 6) is 1.35. The predicted molar refractivity (Wildman–Crippen MR) is 218 cm³/mol. The highest BCUT2D eigenvalue weighted by Crippen LogP contribution is 2.31. The summed E-state index contributed by atoms with van der Waals surface area (Å²) >= 11 is 0. The van der Waals surface area contributed by atoms with Crippen molar-refractivity contribution in [1.29, 1.82) is 0 Å². The Hall–Kier alpha value is -5.22. The van der Waals surface area contributed by atoms with Crippen LogP contribution in [0.1, 0.15) is 95.9 Å². The van der Waals surface area contributed by atoms with E-state index in [-0.39, 0.29) is 0 Å². The van der Waals surface area contributed by atoms with Gasteiger partial charge in [0.1, 0.15) is 28.2 Å². The van der Waals surface area contributed by atoms with E-state index in [1.165, 1.54) is 0 Å². The number of anilines is 4. The van der Waals surface area contributed by atoms with Crippen LogP contribution in [0.15, 0.2) is 36.5 Å². The number of alkyl carbamates (subject to hydrolysis) is 4. The zero-order chi connectivity index (χ0) is 42.3. The van der Waals surface area contributed by atoms with E-state index in [1.54, 1.807) is 89.3 Å². The van der Waals surface area contributed by atoms with Gasteiger partial charge in [-0.05, 0) is 108 Å². The van der Waals surface area contributed by atoms with Crippen molar-refractivity contribution in [2.24, 2.45) is 0 Å². The third-order valence-corrected chi connectivity index (χ3v) is 8.19. The summed E-state index contributed by atoms with van der Waals surface area (Å²) in [4.78, 5) is 65.9. The van der Waals surface area contributed by atoms with Gasteiger partial charge in [0.25, 0.3) is 0 Å². The molecule has 0 saturated carbocycles. The quantitative estimate of drug-likeness (QED) is 0.189. The maximum Gasteiger partial charge on any atom is 0.407 e. The number of hydrogen-bond donors (Lipinski definition) is 5. The SMILES string of the molecule is CC(C)(C)OC(=O)NC1CC(NC(=O)OC(C)(C)C)CN(c2cnc(Nc3ccccc3)c(N3CC(NC(=O)OC(C)(C)C)CC(NC(=O)OC(C)(C)C)C3)n2)C1. The summed E-state index contributed by atoms with van der Waals surface area (Å²) in [7, 11) is 0. The van der Waals surface area contributed by atoms with Gasteiger partial charge < -0.3 is 55.3 Å². The first-order valence-electron chi connectivity index (χ1n) is 19.5. The first-order valence-corrected chi connectivity index (χ1v) is 19.5. The molecule has 2 aliphatic heterocycles. The number of nitrogens with one attached hydrogen (secondary N) is 5. The van der Waals surface area contributed by atoms with E-state index in [0.717, 1.165) is 5.69 Å².